The predicted octanol–water partition coefficient (Wildman–Crippen LogP) is 11.8. The molecule has 0 N–H and O–H groups in total. The Morgan fingerprint density at radius 1 is 0.600 bits per heavy atom. The second-order valence-electron chi connectivity index (χ2n) is 15.0. The number of anilines is 3. The van der Waals surface area contributed by atoms with Gasteiger partial charge in [-0.15, -0.1) is 0 Å². The smallest absolute Gasteiger partial charge is 0.0543 e. The van der Waals surface area contributed by atoms with Crippen LogP contribution in [-0.2, 0) is 10.8 Å². The second kappa shape index (κ2) is 9.57. The molecule has 5 aromatic carbocycles. The molecule has 0 saturated carbocycles. The minimum Gasteiger partial charge on any atom is -0.310 e. The van der Waals surface area contributed by atoms with Gasteiger partial charge >= 0.3 is 0 Å². The van der Waals surface area contributed by atoms with Gasteiger partial charge in [0.15, 0.2) is 0 Å². The lowest BCUT2D eigenvalue weighted by atomic mass is 9.70. The van der Waals surface area contributed by atoms with E-state index in [1.807, 2.05) is 0 Å². The molecule has 3 aliphatic rings. The lowest BCUT2D eigenvalue weighted by Gasteiger charge is -2.33. The van der Waals surface area contributed by atoms with E-state index in [4.69, 9.17) is 0 Å². The molecule has 0 radical (unpaired) electrons. The van der Waals surface area contributed by atoms with Crippen LogP contribution in [0.25, 0.3) is 16.3 Å². The van der Waals surface area contributed by atoms with Crippen LogP contribution in [0.1, 0.15) is 78.1 Å². The third kappa shape index (κ3) is 3.99. The number of allylic oxidation sites excluding steroid dienone is 4. The number of hydrogen-bond acceptors (Lipinski definition) is 1. The van der Waals surface area contributed by atoms with Gasteiger partial charge in [-0.25, -0.2) is 0 Å². The van der Waals surface area contributed by atoms with Crippen LogP contribution in [0.3, 0.4) is 0 Å². The van der Waals surface area contributed by atoms with E-state index in [1.165, 1.54) is 83.5 Å². The zero-order valence-corrected chi connectivity index (χ0v) is 27.9. The van der Waals surface area contributed by atoms with Crippen LogP contribution in [-0.4, -0.2) is 0 Å². The molecule has 0 amide bonds. The Morgan fingerprint density at radius 3 is 2.02 bits per heavy atom. The first-order valence-corrected chi connectivity index (χ1v) is 16.5. The molecule has 0 aromatic heterocycles. The van der Waals surface area contributed by atoms with Gasteiger partial charge in [-0.1, -0.05) is 112 Å². The van der Waals surface area contributed by atoms with Crippen molar-refractivity contribution in [2.75, 3.05) is 4.90 Å². The largest absolute Gasteiger partial charge is 0.310 e. The number of aryl methyl sites for hydroxylation is 4. The Bertz CT molecular complexity index is 2100. The van der Waals surface area contributed by atoms with Crippen LogP contribution in [0.15, 0.2) is 109 Å². The summed E-state index contributed by atoms with van der Waals surface area (Å²) in [7, 11) is 0. The Morgan fingerprint density at radius 2 is 1.29 bits per heavy atom. The zero-order chi connectivity index (χ0) is 31.4. The van der Waals surface area contributed by atoms with Crippen molar-refractivity contribution in [3.8, 4) is 0 Å². The third-order valence-corrected chi connectivity index (χ3v) is 11.2. The summed E-state index contributed by atoms with van der Waals surface area (Å²) in [6.45, 7) is 18.6. The Labute approximate surface area is 268 Å². The molecule has 0 heterocycles. The highest BCUT2D eigenvalue weighted by Gasteiger charge is 2.50. The SMILES string of the molecule is Cc1cc(C)cc(N(c2ccc(C)cc2C)c2cc3c(c4ccccc24)C2=CC4C(C=C2C3(C)C)c2ccccc2C4(C)C)c1. The van der Waals surface area contributed by atoms with Crippen LogP contribution in [0.2, 0.25) is 0 Å². The van der Waals surface area contributed by atoms with Crippen molar-refractivity contribution in [2.45, 2.75) is 72.1 Å². The van der Waals surface area contributed by atoms with E-state index in [0.717, 1.165) is 0 Å². The van der Waals surface area contributed by atoms with Gasteiger partial charge in [-0.2, -0.15) is 0 Å². The fourth-order valence-corrected chi connectivity index (χ4v) is 9.02. The lowest BCUT2D eigenvalue weighted by molar-refractivity contribution is 0.393. The molecule has 5 aromatic rings. The summed E-state index contributed by atoms with van der Waals surface area (Å²) >= 11 is 0. The van der Waals surface area contributed by atoms with Crippen LogP contribution in [0.4, 0.5) is 17.1 Å². The highest BCUT2D eigenvalue weighted by Crippen LogP contribution is 2.62. The molecule has 1 heteroatoms. The summed E-state index contributed by atoms with van der Waals surface area (Å²) in [5, 5.41) is 2.64. The zero-order valence-electron chi connectivity index (χ0n) is 27.9. The number of hydrogen-bond donors (Lipinski definition) is 0. The van der Waals surface area contributed by atoms with E-state index < -0.39 is 0 Å². The molecule has 0 fully saturated rings. The molecule has 3 aliphatic carbocycles. The van der Waals surface area contributed by atoms with Gasteiger partial charge in [0.25, 0.3) is 0 Å². The second-order valence-corrected chi connectivity index (χ2v) is 15.0. The Balaban J connectivity index is 1.42. The van der Waals surface area contributed by atoms with Crippen molar-refractivity contribution in [1.29, 1.82) is 0 Å². The molecular weight excluding hydrogens is 542 g/mol. The Hall–Kier alpha value is -4.36. The highest BCUT2D eigenvalue weighted by atomic mass is 15.1. The monoisotopic (exact) mass is 585 g/mol. The van der Waals surface area contributed by atoms with E-state index in [9.17, 15) is 0 Å². The maximum absolute atomic E-state index is 2.66. The normalized spacial score (nSPS) is 20.2. The minimum atomic E-state index is -0.122. The summed E-state index contributed by atoms with van der Waals surface area (Å²) in [4.78, 5) is 2.52. The van der Waals surface area contributed by atoms with Crippen LogP contribution in [0, 0.1) is 33.6 Å². The van der Waals surface area contributed by atoms with E-state index in [1.54, 1.807) is 0 Å². The molecule has 1 nitrogen and oxygen atoms in total. The van der Waals surface area contributed by atoms with E-state index in [0.29, 0.717) is 11.8 Å². The van der Waals surface area contributed by atoms with Crippen molar-refractivity contribution in [3.63, 3.8) is 0 Å². The number of fused-ring (bicyclic) bond motifs is 8. The average Bonchev–Trinajstić information content (AvgIpc) is 3.36. The maximum Gasteiger partial charge on any atom is 0.0543 e. The van der Waals surface area contributed by atoms with Crippen LogP contribution >= 0.6 is 0 Å². The highest BCUT2D eigenvalue weighted by molar-refractivity contribution is 6.10. The molecule has 0 spiro atoms. The van der Waals surface area contributed by atoms with Gasteiger partial charge in [0.1, 0.15) is 0 Å². The number of rotatable bonds is 3. The summed E-state index contributed by atoms with van der Waals surface area (Å²) in [6, 6.07) is 34.6. The fraction of sp³-hybridized carbons (Fsp3) is 0.273. The molecule has 2 atom stereocenters. The van der Waals surface area contributed by atoms with Crippen molar-refractivity contribution in [1.82, 2.24) is 0 Å². The third-order valence-electron chi connectivity index (χ3n) is 11.2. The molecule has 2 unspecified atom stereocenters. The predicted molar refractivity (Wildman–Crippen MR) is 192 cm³/mol. The number of nitrogens with zero attached hydrogens (tertiary/aromatic N) is 1. The van der Waals surface area contributed by atoms with Crippen LogP contribution < -0.4 is 4.90 Å². The van der Waals surface area contributed by atoms with Crippen molar-refractivity contribution in [2.24, 2.45) is 5.92 Å². The van der Waals surface area contributed by atoms with Gasteiger partial charge < -0.3 is 4.90 Å². The quantitative estimate of drug-likeness (QED) is 0.204. The summed E-state index contributed by atoms with van der Waals surface area (Å²) in [6.07, 6.45) is 5.30. The van der Waals surface area contributed by atoms with Gasteiger partial charge in [-0.3, -0.25) is 0 Å². The van der Waals surface area contributed by atoms with E-state index in [2.05, 4.69) is 163 Å². The standard InChI is InChI=1S/C44H43N/c1-26-17-18-40(29(4)20-26)45(30-21-27(2)19-28(3)22-30)41-25-39-42(33-15-10-9-14-32(33)41)35-24-37-34(23-38(35)44(39,7)8)31-13-11-12-16-36(31)43(37,5)6/h9-25,34,37H,1-8H3. The molecule has 0 saturated heterocycles. The fourth-order valence-electron chi connectivity index (χ4n) is 9.02. The average molecular weight is 586 g/mol. The summed E-state index contributed by atoms with van der Waals surface area (Å²) in [5.41, 5.74) is 17.6. The van der Waals surface area contributed by atoms with Crippen molar-refractivity contribution >= 4 is 33.4 Å². The molecule has 0 aliphatic heterocycles. The molecule has 45 heavy (non-hydrogen) atoms. The van der Waals surface area contributed by atoms with Crippen LogP contribution in [0.5, 0.6) is 0 Å². The minimum absolute atomic E-state index is 0.0850. The maximum atomic E-state index is 2.66. The summed E-state index contributed by atoms with van der Waals surface area (Å²) < 4.78 is 0. The number of benzene rings is 5. The first kappa shape index (κ1) is 28.1. The molecular formula is C44H43N. The molecule has 224 valence electrons. The van der Waals surface area contributed by atoms with Gasteiger partial charge in [-0.05, 0) is 119 Å². The first-order chi connectivity index (χ1) is 21.5. The first-order valence-electron chi connectivity index (χ1n) is 16.5. The van der Waals surface area contributed by atoms with E-state index >= 15 is 0 Å². The van der Waals surface area contributed by atoms with Crippen molar-refractivity contribution < 1.29 is 0 Å². The lowest BCUT2D eigenvalue weighted by Crippen LogP contribution is -2.27. The Kier molecular flexibility index (Phi) is 5.98. The van der Waals surface area contributed by atoms with Gasteiger partial charge in [0.2, 0.25) is 0 Å². The molecule has 8 rings (SSSR count). The van der Waals surface area contributed by atoms with Crippen molar-refractivity contribution in [3.05, 3.63) is 153 Å². The summed E-state index contributed by atoms with van der Waals surface area (Å²) in [5.74, 6) is 0.854. The van der Waals surface area contributed by atoms with E-state index in [-0.39, 0.29) is 10.8 Å². The van der Waals surface area contributed by atoms with Gasteiger partial charge in [0, 0.05) is 28.1 Å². The molecule has 0 bridgehead atoms. The van der Waals surface area contributed by atoms with Gasteiger partial charge in [0.05, 0.1) is 5.69 Å². The topological polar surface area (TPSA) is 3.24 Å².